The summed E-state index contributed by atoms with van der Waals surface area (Å²) in [6, 6.07) is 12.7. The Bertz CT molecular complexity index is 1210. The summed E-state index contributed by atoms with van der Waals surface area (Å²) in [7, 11) is 0. The minimum Gasteiger partial charge on any atom is -0.485 e. The van der Waals surface area contributed by atoms with Crippen LogP contribution in [0.5, 0.6) is 5.75 Å². The first-order valence-corrected chi connectivity index (χ1v) is 10.1. The number of aliphatic hydroxyl groups is 1. The molecular formula is C23H21FN4O2. The standard InChI is InChI=1S/C23H21FN4O2/c24-19-9-3-15-13-26-23(27-16-4-10-20-14(12-16)2-1-11-25-20)28-21(15)22(19)30-18-7-5-17(29)6-8-18/h1-4,9-13,17-18,29H,5-8H2,(H,26,27,28). The lowest BCUT2D eigenvalue weighted by Crippen LogP contribution is -2.26. The molecule has 5 rings (SSSR count). The molecule has 0 atom stereocenters. The van der Waals surface area contributed by atoms with Crippen LogP contribution < -0.4 is 10.1 Å². The van der Waals surface area contributed by atoms with Gasteiger partial charge in [-0.25, -0.2) is 14.4 Å². The minimum atomic E-state index is -0.449. The molecule has 2 N–H and O–H groups in total. The fraction of sp³-hybridized carbons (Fsp3) is 0.261. The molecule has 1 aliphatic carbocycles. The van der Waals surface area contributed by atoms with Crippen molar-refractivity contribution in [3.05, 3.63) is 60.7 Å². The van der Waals surface area contributed by atoms with E-state index in [0.717, 1.165) is 16.6 Å². The SMILES string of the molecule is OC1CCC(Oc2c(F)ccc3cnc(Nc4ccc5ncccc5c4)nc23)CC1. The molecule has 0 bridgehead atoms. The zero-order chi connectivity index (χ0) is 20.5. The Labute approximate surface area is 172 Å². The molecule has 0 radical (unpaired) electrons. The molecule has 2 aromatic heterocycles. The number of ether oxygens (including phenoxy) is 1. The molecule has 2 aromatic carbocycles. The monoisotopic (exact) mass is 404 g/mol. The van der Waals surface area contributed by atoms with Gasteiger partial charge in [-0.2, -0.15) is 0 Å². The number of fused-ring (bicyclic) bond motifs is 2. The van der Waals surface area contributed by atoms with Crippen molar-refractivity contribution in [2.24, 2.45) is 0 Å². The van der Waals surface area contributed by atoms with Crippen molar-refractivity contribution < 1.29 is 14.2 Å². The number of nitrogens with one attached hydrogen (secondary N) is 1. The van der Waals surface area contributed by atoms with Gasteiger partial charge in [-0.1, -0.05) is 6.07 Å². The zero-order valence-corrected chi connectivity index (χ0v) is 16.3. The summed E-state index contributed by atoms with van der Waals surface area (Å²) < 4.78 is 20.6. The average Bonchev–Trinajstić information content (AvgIpc) is 2.77. The molecule has 0 aliphatic heterocycles. The first kappa shape index (κ1) is 18.7. The third-order valence-corrected chi connectivity index (χ3v) is 5.45. The van der Waals surface area contributed by atoms with Crippen LogP contribution in [0.2, 0.25) is 0 Å². The number of hydrogen-bond acceptors (Lipinski definition) is 6. The normalized spacial score (nSPS) is 19.1. The van der Waals surface area contributed by atoms with Crippen LogP contribution in [0.3, 0.4) is 0 Å². The summed E-state index contributed by atoms with van der Waals surface area (Å²) in [4.78, 5) is 13.2. The number of aromatic nitrogens is 3. The Balaban J connectivity index is 1.46. The van der Waals surface area contributed by atoms with Crippen molar-refractivity contribution in [1.82, 2.24) is 15.0 Å². The Hall–Kier alpha value is -3.32. The van der Waals surface area contributed by atoms with Crippen LogP contribution in [0.4, 0.5) is 16.0 Å². The fourth-order valence-corrected chi connectivity index (χ4v) is 3.83. The van der Waals surface area contributed by atoms with E-state index in [0.29, 0.717) is 42.5 Å². The molecule has 1 saturated carbocycles. The van der Waals surface area contributed by atoms with Gasteiger partial charge in [0.15, 0.2) is 11.6 Å². The van der Waals surface area contributed by atoms with Crippen LogP contribution in [0.15, 0.2) is 54.9 Å². The number of hydrogen-bond donors (Lipinski definition) is 2. The molecule has 2 heterocycles. The quantitative estimate of drug-likeness (QED) is 0.511. The van der Waals surface area contributed by atoms with Crippen molar-refractivity contribution in [2.45, 2.75) is 37.9 Å². The molecule has 4 aromatic rings. The largest absolute Gasteiger partial charge is 0.485 e. The first-order chi connectivity index (χ1) is 14.7. The van der Waals surface area contributed by atoms with E-state index in [4.69, 9.17) is 4.74 Å². The van der Waals surface area contributed by atoms with Crippen molar-refractivity contribution in [2.75, 3.05) is 5.32 Å². The molecule has 152 valence electrons. The van der Waals surface area contributed by atoms with E-state index < -0.39 is 5.82 Å². The zero-order valence-electron chi connectivity index (χ0n) is 16.3. The second kappa shape index (κ2) is 7.84. The molecule has 0 amide bonds. The molecule has 6 nitrogen and oxygen atoms in total. The smallest absolute Gasteiger partial charge is 0.227 e. The van der Waals surface area contributed by atoms with E-state index >= 15 is 0 Å². The predicted molar refractivity (Wildman–Crippen MR) is 113 cm³/mol. The van der Waals surface area contributed by atoms with Crippen molar-refractivity contribution >= 4 is 33.4 Å². The van der Waals surface area contributed by atoms with Crippen LogP contribution >= 0.6 is 0 Å². The topological polar surface area (TPSA) is 80.2 Å². The number of aliphatic hydroxyl groups excluding tert-OH is 1. The Morgan fingerprint density at radius 1 is 1.00 bits per heavy atom. The van der Waals surface area contributed by atoms with Crippen molar-refractivity contribution in [1.29, 1.82) is 0 Å². The van der Waals surface area contributed by atoms with Crippen LogP contribution in [-0.2, 0) is 0 Å². The number of benzene rings is 2. The van der Waals surface area contributed by atoms with Gasteiger partial charge in [-0.05, 0) is 62.1 Å². The molecular weight excluding hydrogens is 383 g/mol. The van der Waals surface area contributed by atoms with E-state index in [1.54, 1.807) is 18.5 Å². The van der Waals surface area contributed by atoms with Gasteiger partial charge in [0.1, 0.15) is 5.52 Å². The van der Waals surface area contributed by atoms with Crippen molar-refractivity contribution in [3.8, 4) is 5.75 Å². The minimum absolute atomic E-state index is 0.132. The van der Waals surface area contributed by atoms with Crippen LogP contribution in [0.25, 0.3) is 21.8 Å². The lowest BCUT2D eigenvalue weighted by Gasteiger charge is -2.26. The maximum absolute atomic E-state index is 14.6. The highest BCUT2D eigenvalue weighted by Crippen LogP contribution is 2.32. The Morgan fingerprint density at radius 3 is 2.73 bits per heavy atom. The van der Waals surface area contributed by atoms with E-state index in [1.165, 1.54) is 6.07 Å². The molecule has 1 aliphatic rings. The highest BCUT2D eigenvalue weighted by atomic mass is 19.1. The molecule has 0 unspecified atom stereocenters. The number of halogens is 1. The highest BCUT2D eigenvalue weighted by molar-refractivity contribution is 5.86. The third-order valence-electron chi connectivity index (χ3n) is 5.45. The van der Waals surface area contributed by atoms with E-state index in [-0.39, 0.29) is 18.0 Å². The van der Waals surface area contributed by atoms with Gasteiger partial charge >= 0.3 is 0 Å². The lowest BCUT2D eigenvalue weighted by atomic mass is 9.95. The number of anilines is 2. The van der Waals surface area contributed by atoms with Gasteiger partial charge < -0.3 is 15.2 Å². The van der Waals surface area contributed by atoms with Crippen LogP contribution in [0, 0.1) is 5.82 Å². The lowest BCUT2D eigenvalue weighted by molar-refractivity contribution is 0.0654. The van der Waals surface area contributed by atoms with Gasteiger partial charge in [0.05, 0.1) is 17.7 Å². The van der Waals surface area contributed by atoms with Crippen LogP contribution in [-0.4, -0.2) is 32.3 Å². The molecule has 0 spiro atoms. The number of nitrogens with zero attached hydrogens (tertiary/aromatic N) is 3. The third kappa shape index (κ3) is 3.76. The second-order valence-electron chi connectivity index (χ2n) is 7.59. The highest BCUT2D eigenvalue weighted by Gasteiger charge is 2.23. The summed E-state index contributed by atoms with van der Waals surface area (Å²) >= 11 is 0. The van der Waals surface area contributed by atoms with E-state index in [1.807, 2.05) is 30.3 Å². The first-order valence-electron chi connectivity index (χ1n) is 10.1. The maximum atomic E-state index is 14.6. The Kier molecular flexibility index (Phi) is 4.88. The summed E-state index contributed by atoms with van der Waals surface area (Å²) in [6.07, 6.45) is 5.70. The van der Waals surface area contributed by atoms with Crippen molar-refractivity contribution in [3.63, 3.8) is 0 Å². The van der Waals surface area contributed by atoms with E-state index in [2.05, 4.69) is 20.3 Å². The molecule has 30 heavy (non-hydrogen) atoms. The summed E-state index contributed by atoms with van der Waals surface area (Å²) in [5, 5.41) is 14.6. The van der Waals surface area contributed by atoms with Gasteiger partial charge in [0.2, 0.25) is 5.95 Å². The molecule has 1 fully saturated rings. The maximum Gasteiger partial charge on any atom is 0.227 e. The fourth-order valence-electron chi connectivity index (χ4n) is 3.83. The molecule has 0 saturated heterocycles. The summed E-state index contributed by atoms with van der Waals surface area (Å²) in [5.41, 5.74) is 2.15. The second-order valence-corrected chi connectivity index (χ2v) is 7.59. The predicted octanol–water partition coefficient (Wildman–Crippen LogP) is 4.74. The Morgan fingerprint density at radius 2 is 1.87 bits per heavy atom. The van der Waals surface area contributed by atoms with Crippen LogP contribution in [0.1, 0.15) is 25.7 Å². The van der Waals surface area contributed by atoms with Gasteiger partial charge in [-0.15, -0.1) is 0 Å². The molecule has 7 heteroatoms. The number of pyridine rings is 1. The van der Waals surface area contributed by atoms with E-state index in [9.17, 15) is 9.50 Å². The number of rotatable bonds is 4. The summed E-state index contributed by atoms with van der Waals surface area (Å²) in [6.45, 7) is 0. The summed E-state index contributed by atoms with van der Waals surface area (Å²) in [5.74, 6) is 0.0531. The average molecular weight is 404 g/mol. The van der Waals surface area contributed by atoms with Gasteiger partial charge in [0, 0.05) is 28.9 Å². The van der Waals surface area contributed by atoms with Gasteiger partial charge in [0.25, 0.3) is 0 Å². The van der Waals surface area contributed by atoms with Gasteiger partial charge in [-0.3, -0.25) is 4.98 Å².